The molecule has 0 spiro atoms. The third-order valence-corrected chi connectivity index (χ3v) is 3.73. The van der Waals surface area contributed by atoms with Crippen LogP contribution in [0.25, 0.3) is 0 Å². The van der Waals surface area contributed by atoms with Crippen molar-refractivity contribution >= 4 is 5.82 Å². The normalized spacial score (nSPS) is 15.3. The van der Waals surface area contributed by atoms with Gasteiger partial charge in [-0.15, -0.1) is 0 Å². The third-order valence-electron chi connectivity index (χ3n) is 3.73. The van der Waals surface area contributed by atoms with Gasteiger partial charge in [0.05, 0.1) is 13.2 Å². The van der Waals surface area contributed by atoms with Crippen LogP contribution in [0, 0.1) is 6.92 Å². The molecule has 0 aliphatic carbocycles. The van der Waals surface area contributed by atoms with E-state index < -0.39 is 0 Å². The van der Waals surface area contributed by atoms with E-state index in [1.165, 1.54) is 0 Å². The largest absolute Gasteiger partial charge is 0.424 e. The quantitative estimate of drug-likeness (QED) is 0.883. The number of nitrogens with zero attached hydrogens (tertiary/aromatic N) is 3. The van der Waals surface area contributed by atoms with Crippen molar-refractivity contribution in [1.29, 1.82) is 0 Å². The number of aromatic nitrogens is 2. The highest BCUT2D eigenvalue weighted by Crippen LogP contribution is 2.19. The molecule has 1 aliphatic heterocycles. The number of hydrogen-bond acceptors (Lipinski definition) is 6. The van der Waals surface area contributed by atoms with Crippen LogP contribution in [-0.2, 0) is 4.74 Å². The van der Waals surface area contributed by atoms with Gasteiger partial charge in [0.15, 0.2) is 0 Å². The van der Waals surface area contributed by atoms with Crippen molar-refractivity contribution in [1.82, 2.24) is 14.9 Å². The van der Waals surface area contributed by atoms with Crippen LogP contribution < -0.4 is 10.1 Å². The van der Waals surface area contributed by atoms with Crippen LogP contribution in [0.4, 0.5) is 5.82 Å². The van der Waals surface area contributed by atoms with Crippen molar-refractivity contribution in [2.45, 2.75) is 6.92 Å². The van der Waals surface area contributed by atoms with Gasteiger partial charge in [0.1, 0.15) is 11.6 Å². The molecule has 122 valence electrons. The van der Waals surface area contributed by atoms with Crippen molar-refractivity contribution in [2.75, 3.05) is 44.7 Å². The van der Waals surface area contributed by atoms with Crippen molar-refractivity contribution in [3.8, 4) is 11.8 Å². The van der Waals surface area contributed by atoms with Crippen molar-refractivity contribution in [2.24, 2.45) is 0 Å². The van der Waals surface area contributed by atoms with Crippen LogP contribution in [-0.4, -0.2) is 54.3 Å². The zero-order valence-electron chi connectivity index (χ0n) is 13.4. The molecule has 1 aliphatic rings. The monoisotopic (exact) mass is 314 g/mol. The van der Waals surface area contributed by atoms with E-state index in [2.05, 4.69) is 20.2 Å². The first-order valence-electron chi connectivity index (χ1n) is 7.92. The summed E-state index contributed by atoms with van der Waals surface area (Å²) >= 11 is 0. The van der Waals surface area contributed by atoms with Crippen molar-refractivity contribution in [3.05, 3.63) is 42.1 Å². The maximum absolute atomic E-state index is 5.68. The number of rotatable bonds is 6. The summed E-state index contributed by atoms with van der Waals surface area (Å²) in [5, 5.41) is 3.37. The van der Waals surface area contributed by atoms with Gasteiger partial charge >= 0.3 is 6.01 Å². The molecular weight excluding hydrogens is 292 g/mol. The summed E-state index contributed by atoms with van der Waals surface area (Å²) in [5.41, 5.74) is 1.01. The summed E-state index contributed by atoms with van der Waals surface area (Å²) in [5.74, 6) is 1.55. The van der Waals surface area contributed by atoms with Crippen molar-refractivity contribution in [3.63, 3.8) is 0 Å². The molecule has 2 aromatic rings. The SMILES string of the molecule is Cc1cnc(Oc2ccccc2)nc1NCCN1CCOCC1. The van der Waals surface area contributed by atoms with E-state index in [0.717, 1.165) is 56.5 Å². The summed E-state index contributed by atoms with van der Waals surface area (Å²) < 4.78 is 11.0. The van der Waals surface area contributed by atoms with Crippen molar-refractivity contribution < 1.29 is 9.47 Å². The Balaban J connectivity index is 1.56. The number of morpholine rings is 1. The van der Waals surface area contributed by atoms with E-state index >= 15 is 0 Å². The lowest BCUT2D eigenvalue weighted by molar-refractivity contribution is 0.0398. The van der Waals surface area contributed by atoms with E-state index in [-0.39, 0.29) is 0 Å². The lowest BCUT2D eigenvalue weighted by Crippen LogP contribution is -2.39. The molecule has 0 bridgehead atoms. The molecule has 2 heterocycles. The number of para-hydroxylation sites is 1. The average Bonchev–Trinajstić information content (AvgIpc) is 2.59. The molecule has 1 fully saturated rings. The second-order valence-corrected chi connectivity index (χ2v) is 5.48. The fourth-order valence-corrected chi connectivity index (χ4v) is 2.41. The molecule has 0 atom stereocenters. The van der Waals surface area contributed by atoms with E-state index in [0.29, 0.717) is 6.01 Å². The Kier molecular flexibility index (Phi) is 5.39. The average molecular weight is 314 g/mol. The Bertz CT molecular complexity index is 615. The standard InChI is InChI=1S/C17H22N4O2/c1-14-13-19-17(23-15-5-3-2-4-6-15)20-16(14)18-7-8-21-9-11-22-12-10-21/h2-6,13H,7-12H2,1H3,(H,18,19,20). The molecule has 1 saturated heterocycles. The molecule has 0 saturated carbocycles. The summed E-state index contributed by atoms with van der Waals surface area (Å²) in [6.07, 6.45) is 1.78. The summed E-state index contributed by atoms with van der Waals surface area (Å²) in [6.45, 7) is 7.43. The molecule has 1 aromatic carbocycles. The molecule has 0 unspecified atom stereocenters. The Hall–Kier alpha value is -2.18. The Morgan fingerprint density at radius 2 is 2.00 bits per heavy atom. The number of hydrogen-bond donors (Lipinski definition) is 1. The van der Waals surface area contributed by atoms with E-state index in [1.54, 1.807) is 6.20 Å². The Morgan fingerprint density at radius 1 is 1.22 bits per heavy atom. The molecule has 3 rings (SSSR count). The second kappa shape index (κ2) is 7.89. The maximum Gasteiger partial charge on any atom is 0.323 e. The van der Waals surface area contributed by atoms with Gasteiger partial charge in [-0.3, -0.25) is 4.90 Å². The minimum atomic E-state index is 0.357. The molecule has 0 amide bonds. The summed E-state index contributed by atoms with van der Waals surface area (Å²) in [4.78, 5) is 11.1. The highest BCUT2D eigenvalue weighted by Gasteiger charge is 2.10. The zero-order valence-corrected chi connectivity index (χ0v) is 13.4. The highest BCUT2D eigenvalue weighted by atomic mass is 16.5. The van der Waals surface area contributed by atoms with Gasteiger partial charge in [0.2, 0.25) is 0 Å². The Morgan fingerprint density at radius 3 is 2.78 bits per heavy atom. The molecular formula is C17H22N4O2. The van der Waals surface area contributed by atoms with Crippen LogP contribution >= 0.6 is 0 Å². The maximum atomic E-state index is 5.68. The number of anilines is 1. The van der Waals surface area contributed by atoms with Gasteiger partial charge in [-0.05, 0) is 19.1 Å². The summed E-state index contributed by atoms with van der Waals surface area (Å²) in [7, 11) is 0. The van der Waals surface area contributed by atoms with Crippen LogP contribution in [0.3, 0.4) is 0 Å². The predicted octanol–water partition coefficient (Wildman–Crippen LogP) is 2.32. The Labute approximate surface area is 136 Å². The minimum absolute atomic E-state index is 0.357. The number of nitrogens with one attached hydrogen (secondary N) is 1. The highest BCUT2D eigenvalue weighted by molar-refractivity contribution is 5.43. The first kappa shape index (κ1) is 15.7. The van der Waals surface area contributed by atoms with Crippen LogP contribution in [0.2, 0.25) is 0 Å². The number of benzene rings is 1. The third kappa shape index (κ3) is 4.64. The van der Waals surface area contributed by atoms with Gasteiger partial charge in [-0.1, -0.05) is 18.2 Å². The van der Waals surface area contributed by atoms with E-state index in [4.69, 9.17) is 9.47 Å². The number of ether oxygens (including phenoxy) is 2. The number of aryl methyl sites for hydroxylation is 1. The van der Waals surface area contributed by atoms with Crippen LogP contribution in [0.15, 0.2) is 36.5 Å². The van der Waals surface area contributed by atoms with Crippen LogP contribution in [0.5, 0.6) is 11.8 Å². The van der Waals surface area contributed by atoms with Gasteiger partial charge < -0.3 is 14.8 Å². The van der Waals surface area contributed by atoms with Gasteiger partial charge in [0.25, 0.3) is 0 Å². The van der Waals surface area contributed by atoms with E-state index in [1.807, 2.05) is 37.3 Å². The minimum Gasteiger partial charge on any atom is -0.424 e. The molecule has 1 N–H and O–H groups in total. The molecule has 1 aromatic heterocycles. The fourth-order valence-electron chi connectivity index (χ4n) is 2.41. The first-order valence-corrected chi connectivity index (χ1v) is 7.92. The lowest BCUT2D eigenvalue weighted by Gasteiger charge is -2.26. The molecule has 23 heavy (non-hydrogen) atoms. The van der Waals surface area contributed by atoms with Crippen LogP contribution in [0.1, 0.15) is 5.56 Å². The van der Waals surface area contributed by atoms with E-state index in [9.17, 15) is 0 Å². The second-order valence-electron chi connectivity index (χ2n) is 5.48. The zero-order chi connectivity index (χ0) is 15.9. The smallest absolute Gasteiger partial charge is 0.323 e. The van der Waals surface area contributed by atoms with Gasteiger partial charge in [-0.2, -0.15) is 4.98 Å². The molecule has 6 heteroatoms. The molecule has 0 radical (unpaired) electrons. The molecule has 6 nitrogen and oxygen atoms in total. The predicted molar refractivity (Wildman–Crippen MR) is 89.0 cm³/mol. The first-order chi connectivity index (χ1) is 11.3. The van der Waals surface area contributed by atoms with Gasteiger partial charge in [-0.25, -0.2) is 4.98 Å². The topological polar surface area (TPSA) is 59.5 Å². The summed E-state index contributed by atoms with van der Waals surface area (Å²) in [6, 6.07) is 9.91. The van der Waals surface area contributed by atoms with Gasteiger partial charge in [0, 0.05) is 37.9 Å². The lowest BCUT2D eigenvalue weighted by atomic mass is 10.3. The fraction of sp³-hybridized carbons (Fsp3) is 0.412.